The average molecular weight is 325 g/mol. The van der Waals surface area contributed by atoms with E-state index in [0.29, 0.717) is 25.1 Å². The second-order valence-electron chi connectivity index (χ2n) is 6.00. The minimum absolute atomic E-state index is 0.251. The Morgan fingerprint density at radius 1 is 1.38 bits per heavy atom. The van der Waals surface area contributed by atoms with Gasteiger partial charge in [0, 0.05) is 11.9 Å². The zero-order valence-electron chi connectivity index (χ0n) is 13.1. The van der Waals surface area contributed by atoms with Gasteiger partial charge in [0.05, 0.1) is 24.1 Å². The van der Waals surface area contributed by atoms with Crippen LogP contribution in [0.2, 0.25) is 0 Å². The molecule has 1 saturated carbocycles. The number of carbonyl (C=O) groups is 1. The Hall–Kier alpha value is -2.85. The third-order valence-electron chi connectivity index (χ3n) is 4.33. The van der Waals surface area contributed by atoms with Gasteiger partial charge < -0.3 is 16.2 Å². The molecule has 3 atom stereocenters. The summed E-state index contributed by atoms with van der Waals surface area (Å²) < 4.78 is 1.58. The van der Waals surface area contributed by atoms with Crippen LogP contribution in [-0.2, 0) is 0 Å². The van der Waals surface area contributed by atoms with Crippen molar-refractivity contribution in [2.45, 2.75) is 31.4 Å². The maximum Gasteiger partial charge on any atom is 0.254 e. The van der Waals surface area contributed by atoms with Crippen molar-refractivity contribution < 1.29 is 9.90 Å². The minimum Gasteiger partial charge on any atom is -0.393 e. The number of hydrogen-bond donors (Lipinski definition) is 3. The van der Waals surface area contributed by atoms with Gasteiger partial charge in [0.25, 0.3) is 5.91 Å². The molecule has 1 heterocycles. The van der Waals surface area contributed by atoms with Crippen LogP contribution >= 0.6 is 0 Å². The van der Waals surface area contributed by atoms with Crippen LogP contribution in [-0.4, -0.2) is 26.9 Å². The van der Waals surface area contributed by atoms with Gasteiger partial charge in [-0.3, -0.25) is 9.48 Å². The SMILES string of the molecule is N#C[C@H]1CC[C@H](O)C[C@@H]1n1cc(C(N)=O)c(Nc2ccccc2)n1. The first kappa shape index (κ1) is 16.0. The molecule has 24 heavy (non-hydrogen) atoms. The Labute approximate surface area is 139 Å². The summed E-state index contributed by atoms with van der Waals surface area (Å²) in [4.78, 5) is 11.7. The van der Waals surface area contributed by atoms with Gasteiger partial charge >= 0.3 is 0 Å². The van der Waals surface area contributed by atoms with Crippen molar-refractivity contribution in [2.75, 3.05) is 5.32 Å². The Kier molecular flexibility index (Phi) is 4.49. The van der Waals surface area contributed by atoms with Gasteiger partial charge in [-0.1, -0.05) is 18.2 Å². The highest BCUT2D eigenvalue weighted by Crippen LogP contribution is 2.34. The zero-order chi connectivity index (χ0) is 17.1. The van der Waals surface area contributed by atoms with Crippen LogP contribution < -0.4 is 11.1 Å². The van der Waals surface area contributed by atoms with Gasteiger partial charge in [0.2, 0.25) is 0 Å². The van der Waals surface area contributed by atoms with E-state index in [1.54, 1.807) is 10.9 Å². The maximum atomic E-state index is 11.7. The minimum atomic E-state index is -0.593. The monoisotopic (exact) mass is 325 g/mol. The fourth-order valence-corrected chi connectivity index (χ4v) is 3.06. The molecular formula is C17H19N5O2. The van der Waals surface area contributed by atoms with Crippen LogP contribution in [0, 0.1) is 17.2 Å². The first-order valence-electron chi connectivity index (χ1n) is 7.87. The normalized spacial score (nSPS) is 23.4. The molecule has 1 aromatic heterocycles. The summed E-state index contributed by atoms with van der Waals surface area (Å²) in [5.41, 5.74) is 6.50. The van der Waals surface area contributed by atoms with E-state index in [-0.39, 0.29) is 17.5 Å². The summed E-state index contributed by atoms with van der Waals surface area (Å²) in [5, 5.41) is 26.8. The van der Waals surface area contributed by atoms with Gasteiger partial charge in [-0.25, -0.2) is 0 Å². The Morgan fingerprint density at radius 2 is 2.12 bits per heavy atom. The molecule has 1 aromatic carbocycles. The van der Waals surface area contributed by atoms with E-state index < -0.39 is 12.0 Å². The second-order valence-corrected chi connectivity index (χ2v) is 6.00. The van der Waals surface area contributed by atoms with Gasteiger partial charge in [-0.05, 0) is 31.4 Å². The number of para-hydroxylation sites is 1. The highest BCUT2D eigenvalue weighted by atomic mass is 16.3. The highest BCUT2D eigenvalue weighted by molar-refractivity contribution is 5.98. The van der Waals surface area contributed by atoms with Crippen molar-refractivity contribution in [3.8, 4) is 6.07 Å². The molecule has 7 nitrogen and oxygen atoms in total. The molecule has 0 spiro atoms. The fourth-order valence-electron chi connectivity index (χ4n) is 3.06. The first-order chi connectivity index (χ1) is 11.6. The number of nitrogens with zero attached hydrogens (tertiary/aromatic N) is 3. The number of nitrogens with two attached hydrogens (primary N) is 1. The average Bonchev–Trinajstić information content (AvgIpc) is 2.99. The number of amides is 1. The molecule has 1 aliphatic carbocycles. The summed E-state index contributed by atoms with van der Waals surface area (Å²) in [7, 11) is 0. The fraction of sp³-hybridized carbons (Fsp3) is 0.353. The van der Waals surface area contributed by atoms with Crippen LogP contribution in [0.1, 0.15) is 35.7 Å². The van der Waals surface area contributed by atoms with Crippen LogP contribution in [0.25, 0.3) is 0 Å². The van der Waals surface area contributed by atoms with Crippen molar-refractivity contribution in [3.63, 3.8) is 0 Å². The molecule has 1 aliphatic rings. The number of nitrogens with one attached hydrogen (secondary N) is 1. The van der Waals surface area contributed by atoms with Crippen molar-refractivity contribution >= 4 is 17.4 Å². The lowest BCUT2D eigenvalue weighted by atomic mass is 9.84. The second kappa shape index (κ2) is 6.72. The quantitative estimate of drug-likeness (QED) is 0.794. The van der Waals surface area contributed by atoms with Gasteiger partial charge in [-0.15, -0.1) is 0 Å². The number of benzene rings is 1. The van der Waals surface area contributed by atoms with E-state index in [2.05, 4.69) is 16.5 Å². The van der Waals surface area contributed by atoms with E-state index in [4.69, 9.17) is 5.73 Å². The summed E-state index contributed by atoms with van der Waals surface area (Å²) in [6, 6.07) is 11.3. The smallest absolute Gasteiger partial charge is 0.254 e. The molecule has 1 amide bonds. The number of rotatable bonds is 4. The summed E-state index contributed by atoms with van der Waals surface area (Å²) >= 11 is 0. The molecule has 7 heteroatoms. The van der Waals surface area contributed by atoms with E-state index in [9.17, 15) is 15.2 Å². The highest BCUT2D eigenvalue weighted by Gasteiger charge is 2.32. The van der Waals surface area contributed by atoms with Crippen LogP contribution in [0.5, 0.6) is 0 Å². The standard InChI is InChI=1S/C17H19N5O2/c18-9-11-6-7-13(23)8-15(11)22-10-14(16(19)24)17(21-22)20-12-4-2-1-3-5-12/h1-5,10-11,13,15,23H,6-8H2,(H2,19,24)(H,20,21)/t11-,13+,15+/m1/s1. The van der Waals surface area contributed by atoms with Gasteiger partial charge in [0.15, 0.2) is 5.82 Å². The number of aliphatic hydroxyl groups is 1. The predicted octanol–water partition coefficient (Wildman–Crippen LogP) is 1.95. The van der Waals surface area contributed by atoms with E-state index in [1.807, 2.05) is 30.3 Å². The van der Waals surface area contributed by atoms with E-state index in [1.165, 1.54) is 0 Å². The lowest BCUT2D eigenvalue weighted by Gasteiger charge is -2.30. The largest absolute Gasteiger partial charge is 0.393 e. The number of primary amides is 1. The Bertz CT molecular complexity index is 765. The number of aromatic nitrogens is 2. The predicted molar refractivity (Wildman–Crippen MR) is 88.5 cm³/mol. The molecule has 0 unspecified atom stereocenters. The van der Waals surface area contributed by atoms with Gasteiger partial charge in [0.1, 0.15) is 5.56 Å². The third kappa shape index (κ3) is 3.24. The van der Waals surface area contributed by atoms with Crippen molar-refractivity contribution in [1.29, 1.82) is 5.26 Å². The maximum absolute atomic E-state index is 11.7. The zero-order valence-corrected chi connectivity index (χ0v) is 13.1. The van der Waals surface area contributed by atoms with Crippen LogP contribution in [0.3, 0.4) is 0 Å². The molecule has 4 N–H and O–H groups in total. The van der Waals surface area contributed by atoms with Crippen molar-refractivity contribution in [2.24, 2.45) is 11.7 Å². The molecule has 0 saturated heterocycles. The topological polar surface area (TPSA) is 117 Å². The Morgan fingerprint density at radius 3 is 2.79 bits per heavy atom. The van der Waals surface area contributed by atoms with E-state index >= 15 is 0 Å². The number of hydrogen-bond acceptors (Lipinski definition) is 5. The molecule has 124 valence electrons. The molecule has 3 rings (SSSR count). The molecule has 0 aliphatic heterocycles. The number of carbonyl (C=O) groups excluding carboxylic acids is 1. The van der Waals surface area contributed by atoms with Gasteiger partial charge in [-0.2, -0.15) is 10.4 Å². The number of aliphatic hydroxyl groups excluding tert-OH is 1. The first-order valence-corrected chi connectivity index (χ1v) is 7.87. The molecule has 2 aromatic rings. The third-order valence-corrected chi connectivity index (χ3v) is 4.33. The molecule has 0 bridgehead atoms. The van der Waals surface area contributed by atoms with Crippen molar-refractivity contribution in [1.82, 2.24) is 9.78 Å². The molecule has 1 fully saturated rings. The lowest BCUT2D eigenvalue weighted by Crippen LogP contribution is -2.29. The summed E-state index contributed by atoms with van der Waals surface area (Å²) in [6.45, 7) is 0. The van der Waals surface area contributed by atoms with Crippen LogP contribution in [0.4, 0.5) is 11.5 Å². The molecular weight excluding hydrogens is 306 g/mol. The van der Waals surface area contributed by atoms with E-state index in [0.717, 1.165) is 5.69 Å². The van der Waals surface area contributed by atoms with Crippen LogP contribution in [0.15, 0.2) is 36.5 Å². The summed E-state index contributed by atoms with van der Waals surface area (Å²) in [6.07, 6.45) is 2.73. The number of nitriles is 1. The Balaban J connectivity index is 1.93. The molecule has 0 radical (unpaired) electrons. The number of anilines is 2. The lowest BCUT2D eigenvalue weighted by molar-refractivity contribution is 0.0830. The van der Waals surface area contributed by atoms with Crippen molar-refractivity contribution in [3.05, 3.63) is 42.1 Å². The summed E-state index contributed by atoms with van der Waals surface area (Å²) in [5.74, 6) is -0.492.